The highest BCUT2D eigenvalue weighted by Gasteiger charge is 2.42. The normalized spacial score (nSPS) is 22.0. The lowest BCUT2D eigenvalue weighted by molar-refractivity contribution is -0.138. The number of aliphatic carboxylic acids is 1. The summed E-state index contributed by atoms with van der Waals surface area (Å²) >= 11 is 0. The maximum atomic E-state index is 10.9. The van der Waals surface area contributed by atoms with Crippen LogP contribution >= 0.6 is 0 Å². The van der Waals surface area contributed by atoms with Gasteiger partial charge in [0.25, 0.3) is 0 Å². The fourth-order valence-corrected chi connectivity index (χ4v) is 5.03. The van der Waals surface area contributed by atoms with Gasteiger partial charge in [0.05, 0.1) is 5.92 Å². The number of hydrogen-bond donors (Lipinski definition) is 3. The predicted octanol–water partition coefficient (Wildman–Crippen LogP) is 3.53. The van der Waals surface area contributed by atoms with Crippen molar-refractivity contribution in [3.8, 4) is 6.07 Å². The van der Waals surface area contributed by atoms with Crippen molar-refractivity contribution in [2.24, 2.45) is 0 Å². The molecular weight excluding hydrogens is 398 g/mol. The number of carboxylic acid groups (broad SMARTS) is 1. The highest BCUT2D eigenvalue weighted by atomic mass is 28.4. The van der Waals surface area contributed by atoms with Crippen LogP contribution in [0.2, 0.25) is 19.6 Å². The van der Waals surface area contributed by atoms with Gasteiger partial charge >= 0.3 is 5.97 Å². The Balaban J connectivity index is 0.000000177. The number of nitrogens with one attached hydrogen (secondary N) is 2. The molecule has 4 rings (SSSR count). The molecule has 4 heterocycles. The first kappa shape index (κ1) is 21.7. The summed E-state index contributed by atoms with van der Waals surface area (Å²) in [5, 5.41) is 24.8. The van der Waals surface area contributed by atoms with Crippen molar-refractivity contribution in [1.82, 2.24) is 9.97 Å². The molecule has 9 heteroatoms. The summed E-state index contributed by atoms with van der Waals surface area (Å²) in [5.74, 6) is 0.320. The van der Waals surface area contributed by atoms with E-state index in [0.717, 1.165) is 23.5 Å². The topological polar surface area (TPSA) is 120 Å². The summed E-state index contributed by atoms with van der Waals surface area (Å²) in [6.07, 6.45) is 4.70. The summed E-state index contributed by atoms with van der Waals surface area (Å²) in [5.41, 5.74) is 0.844. The van der Waals surface area contributed by atoms with Crippen LogP contribution < -0.4 is 10.6 Å². The Bertz CT molecular complexity index is 956. The van der Waals surface area contributed by atoms with Crippen LogP contribution in [0.5, 0.6) is 0 Å². The number of aromatic nitrogens is 2. The molecule has 0 spiro atoms. The van der Waals surface area contributed by atoms with Gasteiger partial charge in [-0.15, -0.1) is 0 Å². The zero-order valence-electron chi connectivity index (χ0n) is 17.5. The molecule has 0 saturated carbocycles. The number of pyridine rings is 2. The zero-order valence-corrected chi connectivity index (χ0v) is 18.5. The predicted molar refractivity (Wildman–Crippen MR) is 117 cm³/mol. The third-order valence-corrected chi connectivity index (χ3v) is 5.87. The van der Waals surface area contributed by atoms with Crippen molar-refractivity contribution in [1.29, 1.82) is 5.26 Å². The Morgan fingerprint density at radius 1 is 1.20 bits per heavy atom. The lowest BCUT2D eigenvalue weighted by Gasteiger charge is -2.37. The molecule has 0 bridgehead atoms. The van der Waals surface area contributed by atoms with E-state index >= 15 is 0 Å². The highest BCUT2D eigenvalue weighted by molar-refractivity contribution is 6.69. The smallest absolute Gasteiger partial charge is 0.311 e. The lowest BCUT2D eigenvalue weighted by atomic mass is 9.90. The maximum absolute atomic E-state index is 10.9. The van der Waals surface area contributed by atoms with Crippen molar-refractivity contribution in [3.05, 3.63) is 47.8 Å². The Labute approximate surface area is 177 Å². The minimum atomic E-state index is -1.78. The van der Waals surface area contributed by atoms with Gasteiger partial charge in [-0.05, 0) is 44.3 Å². The second kappa shape index (κ2) is 8.81. The van der Waals surface area contributed by atoms with E-state index in [1.807, 2.05) is 18.2 Å². The molecule has 0 radical (unpaired) electrons. The van der Waals surface area contributed by atoms with Crippen LogP contribution in [-0.2, 0) is 14.8 Å². The largest absolute Gasteiger partial charge is 0.481 e. The first-order chi connectivity index (χ1) is 14.3. The third-order valence-electron chi connectivity index (χ3n) is 4.91. The molecule has 0 amide bonds. The van der Waals surface area contributed by atoms with Crippen molar-refractivity contribution in [2.45, 2.75) is 44.0 Å². The molecule has 158 valence electrons. The molecule has 2 unspecified atom stereocenters. The van der Waals surface area contributed by atoms with Crippen LogP contribution in [0.15, 0.2) is 36.7 Å². The highest BCUT2D eigenvalue weighted by Crippen LogP contribution is 2.38. The molecule has 0 aromatic carbocycles. The van der Waals surface area contributed by atoms with E-state index in [4.69, 9.17) is 9.53 Å². The Kier molecular flexibility index (Phi) is 6.39. The van der Waals surface area contributed by atoms with Crippen LogP contribution in [0.25, 0.3) is 0 Å². The molecule has 2 aromatic rings. The van der Waals surface area contributed by atoms with E-state index in [9.17, 15) is 10.1 Å². The summed E-state index contributed by atoms with van der Waals surface area (Å²) in [4.78, 5) is 19.2. The van der Waals surface area contributed by atoms with Crippen LogP contribution in [0.3, 0.4) is 0 Å². The van der Waals surface area contributed by atoms with Gasteiger partial charge < -0.3 is 20.2 Å². The van der Waals surface area contributed by atoms with Crippen molar-refractivity contribution >= 4 is 25.9 Å². The van der Waals surface area contributed by atoms with Gasteiger partial charge in [0.1, 0.15) is 17.7 Å². The first-order valence-electron chi connectivity index (χ1n) is 9.98. The molecule has 0 fully saturated rings. The summed E-state index contributed by atoms with van der Waals surface area (Å²) < 4.78 is 6.14. The van der Waals surface area contributed by atoms with E-state index in [1.165, 1.54) is 0 Å². The lowest BCUT2D eigenvalue weighted by Crippen LogP contribution is -2.43. The van der Waals surface area contributed by atoms with Crippen molar-refractivity contribution in [3.63, 3.8) is 0 Å². The standard InChI is InChI=1S/C12H17N3OSi.C9H10N2O2/c1-17(2,3)16-12(9-13)6-8-15-11-10(12)5-4-7-14-11;12-9(13)7-3-5-11-8-6(7)2-1-4-10-8/h4-5,7H,6,8H2,1-3H3,(H,14,15);1-2,4,7H,3,5H2,(H,10,11)(H,12,13). The Hall–Kier alpha value is -2.96. The number of fused-ring (bicyclic) bond motifs is 2. The molecular formula is C21H27N5O3Si. The van der Waals surface area contributed by atoms with Gasteiger partial charge in [0.15, 0.2) is 13.9 Å². The molecule has 0 saturated heterocycles. The monoisotopic (exact) mass is 425 g/mol. The Morgan fingerprint density at radius 3 is 2.53 bits per heavy atom. The molecule has 2 aliphatic rings. The van der Waals surface area contributed by atoms with Crippen LogP contribution in [0.1, 0.15) is 29.9 Å². The van der Waals surface area contributed by atoms with E-state index in [0.29, 0.717) is 25.2 Å². The third kappa shape index (κ3) is 4.78. The SMILES string of the molecule is C[Si](C)(C)OC1(C#N)CCNc2ncccc21.O=C(O)C1CCNc2ncccc21. The van der Waals surface area contributed by atoms with E-state index in [-0.39, 0.29) is 0 Å². The van der Waals surface area contributed by atoms with E-state index < -0.39 is 25.8 Å². The van der Waals surface area contributed by atoms with Gasteiger partial charge in [0.2, 0.25) is 0 Å². The van der Waals surface area contributed by atoms with Gasteiger partial charge in [0, 0.05) is 43.0 Å². The fourth-order valence-electron chi connectivity index (χ4n) is 3.72. The van der Waals surface area contributed by atoms with E-state index in [2.05, 4.69) is 46.3 Å². The quantitative estimate of drug-likeness (QED) is 0.639. The van der Waals surface area contributed by atoms with E-state index in [1.54, 1.807) is 18.5 Å². The first-order valence-corrected chi connectivity index (χ1v) is 13.4. The molecule has 2 atom stereocenters. The maximum Gasteiger partial charge on any atom is 0.311 e. The number of nitrogens with zero attached hydrogens (tertiary/aromatic N) is 3. The summed E-state index contributed by atoms with van der Waals surface area (Å²) in [6, 6.07) is 9.72. The second-order valence-corrected chi connectivity index (χ2v) is 12.7. The van der Waals surface area contributed by atoms with Gasteiger partial charge in [-0.1, -0.05) is 6.07 Å². The van der Waals surface area contributed by atoms with Crippen molar-refractivity contribution in [2.75, 3.05) is 23.7 Å². The van der Waals surface area contributed by atoms with Crippen molar-refractivity contribution < 1.29 is 14.3 Å². The second-order valence-electron chi connectivity index (χ2n) is 8.28. The summed E-state index contributed by atoms with van der Waals surface area (Å²) in [7, 11) is -1.78. The molecule has 8 nitrogen and oxygen atoms in total. The molecule has 2 aliphatic heterocycles. The molecule has 3 N–H and O–H groups in total. The number of rotatable bonds is 3. The van der Waals surface area contributed by atoms with Crippen LogP contribution in [0.4, 0.5) is 11.6 Å². The minimum Gasteiger partial charge on any atom is -0.481 e. The van der Waals surface area contributed by atoms with Gasteiger partial charge in [-0.25, -0.2) is 9.97 Å². The average molecular weight is 426 g/mol. The van der Waals surface area contributed by atoms with Gasteiger partial charge in [-0.3, -0.25) is 4.79 Å². The number of nitriles is 1. The number of anilines is 2. The van der Waals surface area contributed by atoms with Crippen LogP contribution in [-0.4, -0.2) is 42.5 Å². The fraction of sp³-hybridized carbons (Fsp3) is 0.429. The number of hydrogen-bond acceptors (Lipinski definition) is 7. The molecule has 30 heavy (non-hydrogen) atoms. The van der Waals surface area contributed by atoms with Gasteiger partial charge in [-0.2, -0.15) is 5.26 Å². The Morgan fingerprint density at radius 2 is 1.87 bits per heavy atom. The molecule has 2 aromatic heterocycles. The molecule has 0 aliphatic carbocycles. The summed E-state index contributed by atoms with van der Waals surface area (Å²) in [6.45, 7) is 7.71. The number of carboxylic acids is 1. The average Bonchev–Trinajstić information content (AvgIpc) is 2.73. The zero-order chi connectivity index (χ0) is 21.8. The number of carbonyl (C=O) groups is 1. The minimum absolute atomic E-state index is 0.398. The van der Waals surface area contributed by atoms with Crippen LogP contribution in [0, 0.1) is 11.3 Å².